The van der Waals surface area contributed by atoms with Gasteiger partial charge >= 0.3 is 0 Å². The van der Waals surface area contributed by atoms with Crippen LogP contribution in [0.4, 0.5) is 0 Å². The topological polar surface area (TPSA) is 35.2 Å². The predicted molar refractivity (Wildman–Crippen MR) is 62.2 cm³/mol. The molecule has 2 atom stereocenters. The zero-order chi connectivity index (χ0) is 11.1. The molecule has 1 aliphatic carbocycles. The normalized spacial score (nSPS) is 25.1. The zero-order valence-electron chi connectivity index (χ0n) is 9.66. The molecule has 0 aromatic heterocycles. The summed E-state index contributed by atoms with van der Waals surface area (Å²) < 4.78 is 5.75. The first kappa shape index (κ1) is 10.5. The first-order valence-electron chi connectivity index (χ1n) is 5.50. The maximum absolute atomic E-state index is 5.81. The molecule has 1 aromatic carbocycles. The fraction of sp³-hybridized carbons (Fsp3) is 0.538. The van der Waals surface area contributed by atoms with Crippen molar-refractivity contribution in [2.24, 2.45) is 5.73 Å². The van der Waals surface area contributed by atoms with Crippen LogP contribution in [0.5, 0.6) is 5.75 Å². The predicted octanol–water partition coefficient (Wildman–Crippen LogP) is 2.68. The van der Waals surface area contributed by atoms with Gasteiger partial charge in [-0.1, -0.05) is 12.1 Å². The molecule has 1 aliphatic rings. The minimum Gasteiger partial charge on any atom is -0.488 e. The quantitative estimate of drug-likeness (QED) is 0.805. The van der Waals surface area contributed by atoms with Crippen LogP contribution >= 0.6 is 0 Å². The van der Waals surface area contributed by atoms with Gasteiger partial charge in [-0.05, 0) is 44.9 Å². The van der Waals surface area contributed by atoms with E-state index >= 15 is 0 Å². The van der Waals surface area contributed by atoms with E-state index in [1.54, 1.807) is 0 Å². The lowest BCUT2D eigenvalue weighted by molar-refractivity contribution is 0.131. The Labute approximate surface area is 91.4 Å². The van der Waals surface area contributed by atoms with Gasteiger partial charge in [0, 0.05) is 12.0 Å². The number of hydrogen-bond donors (Lipinski definition) is 1. The average molecular weight is 205 g/mol. The molecule has 0 spiro atoms. The Balaban J connectivity index is 2.04. The van der Waals surface area contributed by atoms with E-state index in [0.29, 0.717) is 12.0 Å². The summed E-state index contributed by atoms with van der Waals surface area (Å²) in [6, 6.07) is 8.69. The van der Waals surface area contributed by atoms with Crippen LogP contribution in [0.3, 0.4) is 0 Å². The van der Waals surface area contributed by atoms with Crippen molar-refractivity contribution < 1.29 is 4.74 Å². The molecule has 2 rings (SSSR count). The van der Waals surface area contributed by atoms with Gasteiger partial charge in [-0.3, -0.25) is 0 Å². The van der Waals surface area contributed by atoms with E-state index in [9.17, 15) is 0 Å². The van der Waals surface area contributed by atoms with Gasteiger partial charge < -0.3 is 10.5 Å². The first-order valence-corrected chi connectivity index (χ1v) is 5.50. The molecule has 2 heteroatoms. The molecule has 1 fully saturated rings. The summed E-state index contributed by atoms with van der Waals surface area (Å²) in [7, 11) is 0. The maximum atomic E-state index is 5.81. The SMILES string of the molecule is CC(C)(C)Oc1ccc(C2CC2N)cc1. The molecular formula is C13H19NO. The summed E-state index contributed by atoms with van der Waals surface area (Å²) in [5.41, 5.74) is 7.02. The Morgan fingerprint density at radius 2 is 1.73 bits per heavy atom. The van der Waals surface area contributed by atoms with Gasteiger partial charge in [0.05, 0.1) is 0 Å². The van der Waals surface area contributed by atoms with Crippen molar-refractivity contribution in [1.29, 1.82) is 0 Å². The first-order chi connectivity index (χ1) is 6.96. The minimum absolute atomic E-state index is 0.127. The van der Waals surface area contributed by atoms with Gasteiger partial charge in [0.25, 0.3) is 0 Å². The summed E-state index contributed by atoms with van der Waals surface area (Å²) in [5.74, 6) is 1.51. The second-order valence-electron chi connectivity index (χ2n) is 5.29. The smallest absolute Gasteiger partial charge is 0.120 e. The Kier molecular flexibility index (Phi) is 2.47. The number of ether oxygens (including phenoxy) is 1. The molecule has 0 saturated heterocycles. The summed E-state index contributed by atoms with van der Waals surface area (Å²) in [6.07, 6.45) is 1.12. The number of nitrogens with two attached hydrogens (primary N) is 1. The number of rotatable bonds is 2. The molecule has 0 heterocycles. The van der Waals surface area contributed by atoms with Crippen LogP contribution in [0.25, 0.3) is 0 Å². The monoisotopic (exact) mass is 205 g/mol. The second-order valence-corrected chi connectivity index (χ2v) is 5.29. The highest BCUT2D eigenvalue weighted by molar-refractivity contribution is 5.33. The van der Waals surface area contributed by atoms with E-state index in [1.807, 2.05) is 12.1 Å². The van der Waals surface area contributed by atoms with E-state index in [4.69, 9.17) is 10.5 Å². The molecule has 15 heavy (non-hydrogen) atoms. The summed E-state index contributed by atoms with van der Waals surface area (Å²) in [6.45, 7) is 6.16. The van der Waals surface area contributed by atoms with Crippen molar-refractivity contribution >= 4 is 0 Å². The van der Waals surface area contributed by atoms with Crippen molar-refractivity contribution in [1.82, 2.24) is 0 Å². The molecule has 0 radical (unpaired) electrons. The summed E-state index contributed by atoms with van der Waals surface area (Å²) in [5, 5.41) is 0. The minimum atomic E-state index is -0.127. The summed E-state index contributed by atoms with van der Waals surface area (Å²) >= 11 is 0. The van der Waals surface area contributed by atoms with E-state index in [2.05, 4.69) is 32.9 Å². The third-order valence-corrected chi connectivity index (χ3v) is 2.57. The highest BCUT2D eigenvalue weighted by Gasteiger charge is 2.34. The maximum Gasteiger partial charge on any atom is 0.120 e. The molecule has 0 aliphatic heterocycles. The standard InChI is InChI=1S/C13H19NO/c1-13(2,3)15-10-6-4-9(5-7-10)11-8-12(11)14/h4-7,11-12H,8,14H2,1-3H3. The average Bonchev–Trinajstić information content (AvgIpc) is 2.81. The van der Waals surface area contributed by atoms with Gasteiger partial charge in [-0.15, -0.1) is 0 Å². The molecule has 1 aromatic rings. The number of benzene rings is 1. The van der Waals surface area contributed by atoms with Gasteiger partial charge in [0.1, 0.15) is 11.4 Å². The molecule has 0 bridgehead atoms. The highest BCUT2D eigenvalue weighted by Crippen LogP contribution is 2.39. The largest absolute Gasteiger partial charge is 0.488 e. The van der Waals surface area contributed by atoms with E-state index in [-0.39, 0.29) is 5.60 Å². The fourth-order valence-electron chi connectivity index (χ4n) is 1.73. The van der Waals surface area contributed by atoms with Crippen molar-refractivity contribution in [3.05, 3.63) is 29.8 Å². The molecular weight excluding hydrogens is 186 g/mol. The molecule has 1 saturated carbocycles. The van der Waals surface area contributed by atoms with Crippen molar-refractivity contribution in [3.8, 4) is 5.75 Å². The Bertz CT molecular complexity index is 337. The Morgan fingerprint density at radius 3 is 2.13 bits per heavy atom. The molecule has 82 valence electrons. The lowest BCUT2D eigenvalue weighted by Crippen LogP contribution is -2.22. The van der Waals surface area contributed by atoms with Crippen LogP contribution < -0.4 is 10.5 Å². The highest BCUT2D eigenvalue weighted by atomic mass is 16.5. The van der Waals surface area contributed by atoms with Crippen LogP contribution in [0.2, 0.25) is 0 Å². The second kappa shape index (κ2) is 3.53. The van der Waals surface area contributed by atoms with E-state index in [1.165, 1.54) is 5.56 Å². The fourth-order valence-corrected chi connectivity index (χ4v) is 1.73. The Morgan fingerprint density at radius 1 is 1.20 bits per heavy atom. The zero-order valence-corrected chi connectivity index (χ0v) is 9.66. The van der Waals surface area contributed by atoms with E-state index < -0.39 is 0 Å². The Hall–Kier alpha value is -1.02. The van der Waals surface area contributed by atoms with Crippen molar-refractivity contribution in [2.45, 2.75) is 44.8 Å². The molecule has 2 N–H and O–H groups in total. The van der Waals surface area contributed by atoms with Crippen molar-refractivity contribution in [2.75, 3.05) is 0 Å². The van der Waals surface area contributed by atoms with E-state index in [0.717, 1.165) is 12.2 Å². The molecule has 0 amide bonds. The van der Waals surface area contributed by atoms with Gasteiger partial charge in [-0.2, -0.15) is 0 Å². The lowest BCUT2D eigenvalue weighted by Gasteiger charge is -2.21. The molecule has 2 unspecified atom stereocenters. The lowest BCUT2D eigenvalue weighted by atomic mass is 10.1. The van der Waals surface area contributed by atoms with Crippen LogP contribution in [0.1, 0.15) is 38.7 Å². The third kappa shape index (κ3) is 2.72. The van der Waals surface area contributed by atoms with Crippen LogP contribution in [-0.2, 0) is 0 Å². The third-order valence-electron chi connectivity index (χ3n) is 2.57. The van der Waals surface area contributed by atoms with Gasteiger partial charge in [-0.25, -0.2) is 0 Å². The summed E-state index contributed by atoms with van der Waals surface area (Å²) in [4.78, 5) is 0. The van der Waals surface area contributed by atoms with Gasteiger partial charge in [0.2, 0.25) is 0 Å². The van der Waals surface area contributed by atoms with Crippen LogP contribution in [0, 0.1) is 0 Å². The molecule has 2 nitrogen and oxygen atoms in total. The van der Waals surface area contributed by atoms with Crippen LogP contribution in [0.15, 0.2) is 24.3 Å². The number of hydrogen-bond acceptors (Lipinski definition) is 2. The van der Waals surface area contributed by atoms with Crippen molar-refractivity contribution in [3.63, 3.8) is 0 Å². The van der Waals surface area contributed by atoms with Gasteiger partial charge in [0.15, 0.2) is 0 Å². The van der Waals surface area contributed by atoms with Crippen LogP contribution in [-0.4, -0.2) is 11.6 Å².